The average molecular weight is 341 g/mol. The summed E-state index contributed by atoms with van der Waals surface area (Å²) in [5, 5.41) is 29.8. The first kappa shape index (κ1) is 16.8. The number of rotatable bonds is 4. The molecule has 24 heavy (non-hydrogen) atoms. The molecule has 0 aromatic carbocycles. The van der Waals surface area contributed by atoms with Crippen LogP contribution in [-0.4, -0.2) is 61.9 Å². The second-order valence-corrected chi connectivity index (χ2v) is 5.93. The molecule has 4 atom stereocenters. The van der Waals surface area contributed by atoms with Gasteiger partial charge in [-0.15, -0.1) is 0 Å². The predicted molar refractivity (Wildman–Crippen MR) is 78.6 cm³/mol. The zero-order chi connectivity index (χ0) is 17.5. The van der Waals surface area contributed by atoms with Crippen LogP contribution < -0.4 is 11.4 Å². The van der Waals surface area contributed by atoms with Gasteiger partial charge in [-0.2, -0.15) is 4.98 Å². The van der Waals surface area contributed by atoms with E-state index in [1.165, 1.54) is 6.07 Å². The molecule has 0 unspecified atom stereocenters. The molecule has 0 radical (unpaired) electrons. The fraction of sp³-hybridized carbons (Fsp3) is 0.643. The van der Waals surface area contributed by atoms with Crippen LogP contribution in [0, 0.1) is 0 Å². The van der Waals surface area contributed by atoms with Crippen molar-refractivity contribution in [2.45, 2.75) is 49.4 Å². The number of carbonyl (C=O) groups excluding carboxylic acids is 1. The lowest BCUT2D eigenvalue weighted by Gasteiger charge is -2.34. The minimum Gasteiger partial charge on any atom is -0.459 e. The van der Waals surface area contributed by atoms with Crippen molar-refractivity contribution in [3.63, 3.8) is 0 Å². The van der Waals surface area contributed by atoms with Crippen molar-refractivity contribution in [2.24, 2.45) is 0 Å². The van der Waals surface area contributed by atoms with Crippen LogP contribution in [0.5, 0.6) is 0 Å². The third kappa shape index (κ3) is 2.47. The maximum Gasteiger partial charge on any atom is 0.363 e. The van der Waals surface area contributed by atoms with Gasteiger partial charge in [0.25, 0.3) is 5.72 Å². The summed E-state index contributed by atoms with van der Waals surface area (Å²) in [5.74, 6) is -1.10. The molecule has 0 bridgehead atoms. The number of nitrogen functional groups attached to an aromatic ring is 1. The van der Waals surface area contributed by atoms with Gasteiger partial charge in [0, 0.05) is 6.20 Å². The topological polar surface area (TPSA) is 157 Å². The van der Waals surface area contributed by atoms with Crippen LogP contribution in [-0.2, 0) is 20.0 Å². The minimum absolute atomic E-state index is 0.0782. The molecule has 2 fully saturated rings. The van der Waals surface area contributed by atoms with Crippen molar-refractivity contribution in [1.82, 2.24) is 9.55 Å². The van der Waals surface area contributed by atoms with E-state index >= 15 is 0 Å². The monoisotopic (exact) mass is 341 g/mol. The maximum atomic E-state index is 12.7. The number of anilines is 1. The molecule has 0 amide bonds. The van der Waals surface area contributed by atoms with Gasteiger partial charge in [0.15, 0.2) is 0 Å². The van der Waals surface area contributed by atoms with Crippen LogP contribution in [0.2, 0.25) is 0 Å². The van der Waals surface area contributed by atoms with Gasteiger partial charge in [0.1, 0.15) is 30.2 Å². The first-order chi connectivity index (χ1) is 11.4. The van der Waals surface area contributed by atoms with Crippen LogP contribution >= 0.6 is 0 Å². The molecule has 1 aromatic rings. The molecular formula is C14H19N3O7. The van der Waals surface area contributed by atoms with Gasteiger partial charge >= 0.3 is 11.7 Å². The third-order valence-electron chi connectivity index (χ3n) is 4.42. The lowest BCUT2D eigenvalue weighted by Crippen LogP contribution is -2.57. The van der Waals surface area contributed by atoms with Crippen LogP contribution in [0.3, 0.4) is 0 Å². The Morgan fingerprint density at radius 3 is 2.71 bits per heavy atom. The number of hydrogen-bond donors (Lipinski definition) is 4. The summed E-state index contributed by atoms with van der Waals surface area (Å²) >= 11 is 0. The Labute approximate surface area is 136 Å². The van der Waals surface area contributed by atoms with Crippen LogP contribution in [0.1, 0.15) is 19.3 Å². The lowest BCUT2D eigenvalue weighted by atomic mass is 9.95. The van der Waals surface area contributed by atoms with E-state index in [1.807, 2.05) is 0 Å². The number of aliphatic hydroxyl groups excluding tert-OH is 3. The van der Waals surface area contributed by atoms with E-state index in [4.69, 9.17) is 15.2 Å². The Morgan fingerprint density at radius 1 is 1.50 bits per heavy atom. The molecule has 1 saturated heterocycles. The highest BCUT2D eigenvalue weighted by molar-refractivity contribution is 5.79. The van der Waals surface area contributed by atoms with Gasteiger partial charge in [-0.05, 0) is 25.3 Å². The number of aliphatic hydroxyl groups is 3. The zero-order valence-electron chi connectivity index (χ0n) is 12.7. The molecule has 5 N–H and O–H groups in total. The van der Waals surface area contributed by atoms with Gasteiger partial charge < -0.3 is 30.5 Å². The van der Waals surface area contributed by atoms with Crippen LogP contribution in [0.25, 0.3) is 0 Å². The highest BCUT2D eigenvalue weighted by Crippen LogP contribution is 2.37. The summed E-state index contributed by atoms with van der Waals surface area (Å²) in [7, 11) is 0. The fourth-order valence-electron chi connectivity index (χ4n) is 2.81. The summed E-state index contributed by atoms with van der Waals surface area (Å²) < 4.78 is 11.4. The molecule has 0 spiro atoms. The Kier molecular flexibility index (Phi) is 4.30. The first-order valence-electron chi connectivity index (χ1n) is 7.61. The van der Waals surface area contributed by atoms with E-state index in [2.05, 4.69) is 4.98 Å². The van der Waals surface area contributed by atoms with Crippen molar-refractivity contribution in [1.29, 1.82) is 0 Å². The number of carbonyl (C=O) groups is 1. The standard InChI is InChI=1S/C14H19N3O7/c15-9-4-5-17(13(22)16-9)14(12(21)23-7-2-1-3-7)11(20)10(19)8(6-18)24-14/h4-5,7-8,10-11,18-20H,1-3,6H2,(H2,15,16,22)/t8-,10-,11-,14+/m1/s1. The van der Waals surface area contributed by atoms with E-state index in [9.17, 15) is 24.9 Å². The van der Waals surface area contributed by atoms with Gasteiger partial charge in [0.05, 0.1) is 6.61 Å². The molecule has 10 nitrogen and oxygen atoms in total. The van der Waals surface area contributed by atoms with Crippen molar-refractivity contribution in [2.75, 3.05) is 12.3 Å². The second kappa shape index (κ2) is 6.13. The SMILES string of the molecule is Nc1ccn([C@]2(C(=O)OC3CCC3)O[C@H](CO)[C@@H](O)[C@H]2O)c(=O)n1. The second-order valence-electron chi connectivity index (χ2n) is 5.93. The molecule has 1 saturated carbocycles. The van der Waals surface area contributed by atoms with Crippen LogP contribution in [0.4, 0.5) is 5.82 Å². The van der Waals surface area contributed by atoms with E-state index in [0.29, 0.717) is 12.8 Å². The summed E-state index contributed by atoms with van der Waals surface area (Å²) in [6.07, 6.45) is -1.66. The molecule has 1 aliphatic heterocycles. The number of esters is 1. The highest BCUT2D eigenvalue weighted by atomic mass is 16.6. The number of nitrogens with zero attached hydrogens (tertiary/aromatic N) is 2. The van der Waals surface area contributed by atoms with Gasteiger partial charge in [-0.3, -0.25) is 4.57 Å². The molecule has 132 valence electrons. The van der Waals surface area contributed by atoms with Crippen molar-refractivity contribution < 1.29 is 29.6 Å². The summed E-state index contributed by atoms with van der Waals surface area (Å²) in [6, 6.07) is 1.24. The minimum atomic E-state index is -2.33. The Bertz CT molecular complexity index is 689. The molecule has 10 heteroatoms. The highest BCUT2D eigenvalue weighted by Gasteiger charge is 2.62. The largest absolute Gasteiger partial charge is 0.459 e. The van der Waals surface area contributed by atoms with Gasteiger partial charge in [0.2, 0.25) is 0 Å². The lowest BCUT2D eigenvalue weighted by molar-refractivity contribution is -0.209. The Hall–Kier alpha value is -2.01. The summed E-state index contributed by atoms with van der Waals surface area (Å²) in [6.45, 7) is -0.659. The summed E-state index contributed by atoms with van der Waals surface area (Å²) in [5.41, 5.74) is 2.15. The quantitative estimate of drug-likeness (QED) is 0.441. The van der Waals surface area contributed by atoms with E-state index < -0.39 is 42.3 Å². The third-order valence-corrected chi connectivity index (χ3v) is 4.42. The van der Waals surface area contributed by atoms with E-state index in [-0.39, 0.29) is 11.9 Å². The first-order valence-corrected chi connectivity index (χ1v) is 7.61. The molecule has 3 rings (SSSR count). The average Bonchev–Trinajstić information content (AvgIpc) is 2.76. The van der Waals surface area contributed by atoms with Crippen LogP contribution in [0.15, 0.2) is 17.1 Å². The molecular weight excluding hydrogens is 322 g/mol. The van der Waals surface area contributed by atoms with Crippen molar-refractivity contribution in [3.8, 4) is 0 Å². The molecule has 1 aromatic heterocycles. The smallest absolute Gasteiger partial charge is 0.363 e. The predicted octanol–water partition coefficient (Wildman–Crippen LogP) is -2.31. The van der Waals surface area contributed by atoms with Crippen molar-refractivity contribution >= 4 is 11.8 Å². The molecule has 2 heterocycles. The Balaban J connectivity index is 2.06. The molecule has 2 aliphatic rings. The fourth-order valence-corrected chi connectivity index (χ4v) is 2.81. The summed E-state index contributed by atoms with van der Waals surface area (Å²) in [4.78, 5) is 28.4. The zero-order valence-corrected chi connectivity index (χ0v) is 12.7. The van der Waals surface area contributed by atoms with Crippen molar-refractivity contribution in [3.05, 3.63) is 22.7 Å². The Morgan fingerprint density at radius 2 is 2.21 bits per heavy atom. The normalized spacial score (nSPS) is 33.2. The number of hydrogen-bond acceptors (Lipinski definition) is 9. The number of aromatic nitrogens is 2. The molecule has 1 aliphatic carbocycles. The van der Waals surface area contributed by atoms with Gasteiger partial charge in [-0.1, -0.05) is 0 Å². The number of ether oxygens (including phenoxy) is 2. The van der Waals surface area contributed by atoms with E-state index in [0.717, 1.165) is 17.2 Å². The van der Waals surface area contributed by atoms with E-state index in [1.54, 1.807) is 0 Å². The maximum absolute atomic E-state index is 12.7. The van der Waals surface area contributed by atoms with Gasteiger partial charge in [-0.25, -0.2) is 9.59 Å². The number of nitrogens with two attached hydrogens (primary N) is 1.